The van der Waals surface area contributed by atoms with Crippen LogP contribution in [-0.4, -0.2) is 61.7 Å². The minimum absolute atomic E-state index is 0.320. The van der Waals surface area contributed by atoms with Crippen molar-refractivity contribution in [2.45, 2.75) is 56.8 Å². The predicted octanol–water partition coefficient (Wildman–Crippen LogP) is 1.42. The predicted molar refractivity (Wildman–Crippen MR) is 70.7 cm³/mol. The lowest BCUT2D eigenvalue weighted by Crippen LogP contribution is -2.55. The summed E-state index contributed by atoms with van der Waals surface area (Å²) in [5.41, 5.74) is 0. The van der Waals surface area contributed by atoms with Crippen molar-refractivity contribution < 1.29 is 14.6 Å². The van der Waals surface area contributed by atoms with E-state index in [1.54, 1.807) is 0 Å². The molecular weight excluding hydrogens is 230 g/mol. The second kappa shape index (κ2) is 7.43. The topological polar surface area (TPSA) is 41.9 Å². The van der Waals surface area contributed by atoms with E-state index in [1.165, 1.54) is 6.42 Å². The van der Waals surface area contributed by atoms with Gasteiger partial charge in [0, 0.05) is 26.3 Å². The first-order chi connectivity index (χ1) is 8.85. The summed E-state index contributed by atoms with van der Waals surface area (Å²) < 4.78 is 11.4. The fourth-order valence-corrected chi connectivity index (χ4v) is 3.24. The molecule has 0 radical (unpaired) electrons. The zero-order chi connectivity index (χ0) is 12.8. The number of ether oxygens (including phenoxy) is 2. The quantitative estimate of drug-likeness (QED) is 0.731. The minimum atomic E-state index is 0.320. The van der Waals surface area contributed by atoms with Crippen molar-refractivity contribution in [3.63, 3.8) is 0 Å². The molecule has 18 heavy (non-hydrogen) atoms. The molecule has 1 aliphatic carbocycles. The standard InChI is InChI=1S/C14H27NO3/c1-17-12-5-6-14-13(11-12)15(8-10-18-14)7-3-2-4-9-16/h12-14,16H,2-11H2,1H3/t12-,13-,14+/m1/s1. The van der Waals surface area contributed by atoms with Crippen LogP contribution in [-0.2, 0) is 9.47 Å². The molecule has 0 aromatic carbocycles. The highest BCUT2D eigenvalue weighted by atomic mass is 16.5. The van der Waals surface area contributed by atoms with Crippen LogP contribution in [0.5, 0.6) is 0 Å². The van der Waals surface area contributed by atoms with Gasteiger partial charge in [0.15, 0.2) is 0 Å². The summed E-state index contributed by atoms with van der Waals surface area (Å²) in [6, 6.07) is 0.548. The normalized spacial score (nSPS) is 33.3. The molecule has 0 spiro atoms. The van der Waals surface area contributed by atoms with Crippen LogP contribution >= 0.6 is 0 Å². The second-order valence-corrected chi connectivity index (χ2v) is 5.47. The van der Waals surface area contributed by atoms with Crippen molar-refractivity contribution in [1.29, 1.82) is 0 Å². The van der Waals surface area contributed by atoms with Crippen molar-refractivity contribution in [2.24, 2.45) is 0 Å². The Morgan fingerprint density at radius 2 is 2.17 bits per heavy atom. The van der Waals surface area contributed by atoms with Crippen LogP contribution < -0.4 is 0 Å². The number of nitrogens with zero attached hydrogens (tertiary/aromatic N) is 1. The monoisotopic (exact) mass is 257 g/mol. The summed E-state index contributed by atoms with van der Waals surface area (Å²) >= 11 is 0. The molecule has 1 N–H and O–H groups in total. The summed E-state index contributed by atoms with van der Waals surface area (Å²) in [4.78, 5) is 2.58. The van der Waals surface area contributed by atoms with Gasteiger partial charge < -0.3 is 14.6 Å². The number of fused-ring (bicyclic) bond motifs is 1. The Bertz CT molecular complexity index is 237. The van der Waals surface area contributed by atoms with Crippen LogP contribution in [0.2, 0.25) is 0 Å². The van der Waals surface area contributed by atoms with E-state index in [0.717, 1.165) is 51.8 Å². The van der Waals surface area contributed by atoms with E-state index in [0.29, 0.717) is 24.9 Å². The van der Waals surface area contributed by atoms with Crippen LogP contribution in [0.15, 0.2) is 0 Å². The molecule has 106 valence electrons. The molecule has 2 fully saturated rings. The van der Waals surface area contributed by atoms with Gasteiger partial charge in [-0.1, -0.05) is 0 Å². The van der Waals surface area contributed by atoms with E-state index < -0.39 is 0 Å². The van der Waals surface area contributed by atoms with Gasteiger partial charge in [0.05, 0.1) is 18.8 Å². The van der Waals surface area contributed by atoms with E-state index in [1.807, 2.05) is 7.11 Å². The fourth-order valence-electron chi connectivity index (χ4n) is 3.24. The largest absolute Gasteiger partial charge is 0.396 e. The maximum absolute atomic E-state index is 8.81. The van der Waals surface area contributed by atoms with E-state index in [4.69, 9.17) is 14.6 Å². The number of hydrogen-bond acceptors (Lipinski definition) is 4. The van der Waals surface area contributed by atoms with Gasteiger partial charge in [-0.05, 0) is 45.1 Å². The number of morpholine rings is 1. The average Bonchev–Trinajstić information content (AvgIpc) is 2.43. The molecule has 3 atom stereocenters. The van der Waals surface area contributed by atoms with E-state index in [2.05, 4.69) is 4.90 Å². The zero-order valence-electron chi connectivity index (χ0n) is 11.5. The van der Waals surface area contributed by atoms with Gasteiger partial charge in [0.25, 0.3) is 0 Å². The zero-order valence-corrected chi connectivity index (χ0v) is 11.5. The van der Waals surface area contributed by atoms with Crippen molar-refractivity contribution in [3.8, 4) is 0 Å². The lowest BCUT2D eigenvalue weighted by atomic mass is 9.88. The summed E-state index contributed by atoms with van der Waals surface area (Å²) in [7, 11) is 1.82. The Kier molecular flexibility index (Phi) is 5.89. The fraction of sp³-hybridized carbons (Fsp3) is 1.00. The SMILES string of the molecule is CO[C@@H]1CC[C@@H]2OCCN(CCCCCO)[C@@H]2C1. The van der Waals surface area contributed by atoms with Crippen molar-refractivity contribution in [2.75, 3.05) is 33.4 Å². The smallest absolute Gasteiger partial charge is 0.0732 e. The number of aliphatic hydroxyl groups is 1. The van der Waals surface area contributed by atoms with Crippen molar-refractivity contribution in [1.82, 2.24) is 4.90 Å². The molecule has 0 aromatic rings. The Hall–Kier alpha value is -0.160. The van der Waals surface area contributed by atoms with Gasteiger partial charge in [-0.3, -0.25) is 4.90 Å². The van der Waals surface area contributed by atoms with Gasteiger partial charge in [-0.15, -0.1) is 0 Å². The molecule has 2 aliphatic rings. The molecule has 1 heterocycles. The van der Waals surface area contributed by atoms with Crippen molar-refractivity contribution in [3.05, 3.63) is 0 Å². The highest BCUT2D eigenvalue weighted by Gasteiger charge is 2.37. The molecule has 0 bridgehead atoms. The van der Waals surface area contributed by atoms with E-state index >= 15 is 0 Å². The van der Waals surface area contributed by atoms with Gasteiger partial charge in [0.2, 0.25) is 0 Å². The van der Waals surface area contributed by atoms with Crippen LogP contribution in [0.25, 0.3) is 0 Å². The number of unbranched alkanes of at least 4 members (excludes halogenated alkanes) is 2. The maximum atomic E-state index is 8.81. The number of hydrogen-bond donors (Lipinski definition) is 1. The molecule has 1 aliphatic heterocycles. The van der Waals surface area contributed by atoms with Crippen LogP contribution in [0.1, 0.15) is 38.5 Å². The van der Waals surface area contributed by atoms with E-state index in [9.17, 15) is 0 Å². The molecule has 1 saturated carbocycles. The summed E-state index contributed by atoms with van der Waals surface area (Å²) in [6.45, 7) is 3.39. The van der Waals surface area contributed by atoms with Gasteiger partial charge >= 0.3 is 0 Å². The summed E-state index contributed by atoms with van der Waals surface area (Å²) in [5, 5.41) is 8.81. The first kappa shape index (κ1) is 14.3. The third-order valence-electron chi connectivity index (χ3n) is 4.32. The molecule has 4 nitrogen and oxygen atoms in total. The molecule has 0 aromatic heterocycles. The third-order valence-corrected chi connectivity index (χ3v) is 4.32. The lowest BCUT2D eigenvalue weighted by molar-refractivity contribution is -0.113. The Labute approximate surface area is 110 Å². The molecular formula is C14H27NO3. The summed E-state index contributed by atoms with van der Waals surface area (Å²) in [5.74, 6) is 0. The van der Waals surface area contributed by atoms with E-state index in [-0.39, 0.29) is 0 Å². The first-order valence-corrected chi connectivity index (χ1v) is 7.34. The van der Waals surface area contributed by atoms with Gasteiger partial charge in [0.1, 0.15) is 0 Å². The number of methoxy groups -OCH3 is 1. The van der Waals surface area contributed by atoms with Gasteiger partial charge in [-0.25, -0.2) is 0 Å². The molecule has 2 rings (SSSR count). The highest BCUT2D eigenvalue weighted by molar-refractivity contribution is 4.90. The first-order valence-electron chi connectivity index (χ1n) is 7.34. The Morgan fingerprint density at radius 1 is 1.28 bits per heavy atom. The highest BCUT2D eigenvalue weighted by Crippen LogP contribution is 2.30. The number of rotatable bonds is 6. The second-order valence-electron chi connectivity index (χ2n) is 5.47. The molecule has 0 unspecified atom stereocenters. The Morgan fingerprint density at radius 3 is 2.94 bits per heavy atom. The molecule has 0 amide bonds. The van der Waals surface area contributed by atoms with Crippen LogP contribution in [0.4, 0.5) is 0 Å². The Balaban J connectivity index is 1.80. The molecule has 4 heteroatoms. The molecule has 1 saturated heterocycles. The van der Waals surface area contributed by atoms with Crippen molar-refractivity contribution >= 4 is 0 Å². The number of aliphatic hydroxyl groups excluding tert-OH is 1. The lowest BCUT2D eigenvalue weighted by Gasteiger charge is -2.45. The minimum Gasteiger partial charge on any atom is -0.396 e. The third kappa shape index (κ3) is 3.67. The average molecular weight is 257 g/mol. The maximum Gasteiger partial charge on any atom is 0.0732 e. The van der Waals surface area contributed by atoms with Crippen LogP contribution in [0.3, 0.4) is 0 Å². The van der Waals surface area contributed by atoms with Gasteiger partial charge in [-0.2, -0.15) is 0 Å². The van der Waals surface area contributed by atoms with Crippen LogP contribution in [0, 0.1) is 0 Å². The summed E-state index contributed by atoms with van der Waals surface area (Å²) in [6.07, 6.45) is 7.45.